The van der Waals surface area contributed by atoms with Gasteiger partial charge in [0.25, 0.3) is 0 Å². The van der Waals surface area contributed by atoms with Gasteiger partial charge < -0.3 is 15.4 Å². The van der Waals surface area contributed by atoms with Gasteiger partial charge in [0.05, 0.1) is 17.9 Å². The maximum absolute atomic E-state index is 5.94. The molecule has 25 heavy (non-hydrogen) atoms. The molecule has 0 saturated carbocycles. The zero-order chi connectivity index (χ0) is 17.8. The lowest BCUT2D eigenvalue weighted by Gasteiger charge is -2.37. The topological polar surface area (TPSA) is 38.5 Å². The van der Waals surface area contributed by atoms with Crippen molar-refractivity contribution in [3.05, 3.63) is 64.2 Å². The number of hydrogen-bond donors (Lipinski definition) is 1. The number of halogens is 1. The molecule has 1 aliphatic rings. The van der Waals surface area contributed by atoms with Gasteiger partial charge in [0.1, 0.15) is 0 Å². The molecule has 3 nitrogen and oxygen atoms in total. The van der Waals surface area contributed by atoms with Crippen LogP contribution >= 0.6 is 11.6 Å². The number of benzene rings is 2. The summed E-state index contributed by atoms with van der Waals surface area (Å²) < 4.78 is 5.85. The van der Waals surface area contributed by atoms with Gasteiger partial charge in [0.2, 0.25) is 0 Å². The van der Waals surface area contributed by atoms with Crippen LogP contribution in [-0.2, 0) is 11.3 Å². The Bertz CT molecular complexity index is 782. The fourth-order valence-corrected chi connectivity index (χ4v) is 3.26. The predicted molar refractivity (Wildman–Crippen MR) is 104 cm³/mol. The first-order valence-corrected chi connectivity index (χ1v) is 8.94. The Hall–Kier alpha value is -1.99. The smallest absolute Gasteiger partial charge is 0.0726 e. The number of rotatable bonds is 2. The van der Waals surface area contributed by atoms with Gasteiger partial charge in [-0.15, -0.1) is 0 Å². The molecule has 2 aromatic rings. The van der Waals surface area contributed by atoms with Crippen molar-refractivity contribution in [1.82, 2.24) is 0 Å². The first-order chi connectivity index (χ1) is 12.0. The van der Waals surface area contributed by atoms with E-state index in [1.807, 2.05) is 24.3 Å². The molecule has 4 heteroatoms. The van der Waals surface area contributed by atoms with E-state index in [1.165, 1.54) is 0 Å². The van der Waals surface area contributed by atoms with E-state index in [9.17, 15) is 0 Å². The summed E-state index contributed by atoms with van der Waals surface area (Å²) in [5.74, 6) is 6.55. The van der Waals surface area contributed by atoms with Crippen LogP contribution in [0.4, 0.5) is 5.69 Å². The summed E-state index contributed by atoms with van der Waals surface area (Å²) in [7, 11) is 0. The van der Waals surface area contributed by atoms with Gasteiger partial charge in [0.15, 0.2) is 0 Å². The minimum atomic E-state index is 0.204. The molecule has 0 spiro atoms. The highest BCUT2D eigenvalue weighted by Gasteiger charge is 2.23. The first kappa shape index (κ1) is 17.8. The van der Waals surface area contributed by atoms with Gasteiger partial charge in [-0.2, -0.15) is 0 Å². The second-order valence-electron chi connectivity index (χ2n) is 6.47. The summed E-state index contributed by atoms with van der Waals surface area (Å²) in [5, 5.41) is 0.715. The molecule has 1 heterocycles. The zero-order valence-electron chi connectivity index (χ0n) is 14.6. The quantitative estimate of drug-likeness (QED) is 0.833. The number of hydrogen-bond acceptors (Lipinski definition) is 3. The van der Waals surface area contributed by atoms with E-state index in [1.54, 1.807) is 0 Å². The van der Waals surface area contributed by atoms with Crippen LogP contribution in [0.5, 0.6) is 0 Å². The van der Waals surface area contributed by atoms with Crippen LogP contribution in [0.3, 0.4) is 0 Å². The number of morpholine rings is 1. The first-order valence-electron chi connectivity index (χ1n) is 8.56. The summed E-state index contributed by atoms with van der Waals surface area (Å²) >= 11 is 5.94. The van der Waals surface area contributed by atoms with Crippen LogP contribution in [0.2, 0.25) is 5.02 Å². The highest BCUT2D eigenvalue weighted by Crippen LogP contribution is 2.25. The van der Waals surface area contributed by atoms with Crippen LogP contribution in [0.25, 0.3) is 0 Å². The molecule has 2 aromatic carbocycles. The Morgan fingerprint density at radius 2 is 1.76 bits per heavy atom. The molecule has 130 valence electrons. The summed E-state index contributed by atoms with van der Waals surface area (Å²) in [4.78, 5) is 2.35. The van der Waals surface area contributed by atoms with Crippen LogP contribution in [0.15, 0.2) is 42.5 Å². The van der Waals surface area contributed by atoms with E-state index in [4.69, 9.17) is 22.1 Å². The maximum Gasteiger partial charge on any atom is 0.0726 e. The van der Waals surface area contributed by atoms with Gasteiger partial charge in [-0.05, 0) is 55.8 Å². The van der Waals surface area contributed by atoms with Crippen molar-refractivity contribution in [3.8, 4) is 11.8 Å². The standard InChI is InChI=1S/C21H23ClN2O/c1-15-13-24(14-16(2)25-15)21-10-6-18(12-23)11-19(21)7-3-17-4-8-20(22)9-5-17/h4-6,8-11,15-16H,12-14,23H2,1-2H3/t15-,16+. The van der Waals surface area contributed by atoms with Crippen molar-refractivity contribution in [2.45, 2.75) is 32.6 Å². The monoisotopic (exact) mass is 354 g/mol. The highest BCUT2D eigenvalue weighted by atomic mass is 35.5. The molecule has 0 aliphatic carbocycles. The van der Waals surface area contributed by atoms with Gasteiger partial charge in [-0.3, -0.25) is 0 Å². The van der Waals surface area contributed by atoms with Crippen LogP contribution in [-0.4, -0.2) is 25.3 Å². The lowest BCUT2D eigenvalue weighted by atomic mass is 10.1. The maximum atomic E-state index is 5.94. The van der Waals surface area contributed by atoms with Crippen molar-refractivity contribution in [2.75, 3.05) is 18.0 Å². The average Bonchev–Trinajstić information content (AvgIpc) is 2.60. The van der Waals surface area contributed by atoms with Crippen molar-refractivity contribution in [1.29, 1.82) is 0 Å². The minimum absolute atomic E-state index is 0.204. The van der Waals surface area contributed by atoms with Gasteiger partial charge in [-0.25, -0.2) is 0 Å². The molecule has 1 saturated heterocycles. The van der Waals surface area contributed by atoms with E-state index in [0.29, 0.717) is 11.6 Å². The largest absolute Gasteiger partial charge is 0.372 e. The molecule has 2 atom stereocenters. The van der Waals surface area contributed by atoms with Crippen molar-refractivity contribution < 1.29 is 4.74 Å². The fourth-order valence-electron chi connectivity index (χ4n) is 3.13. The van der Waals surface area contributed by atoms with E-state index in [0.717, 1.165) is 35.5 Å². The van der Waals surface area contributed by atoms with E-state index in [-0.39, 0.29) is 12.2 Å². The molecule has 0 unspecified atom stereocenters. The summed E-state index contributed by atoms with van der Waals surface area (Å²) in [5.41, 5.74) is 9.98. The molecule has 2 N–H and O–H groups in total. The van der Waals surface area contributed by atoms with Crippen molar-refractivity contribution >= 4 is 17.3 Å². The Labute approximate surface area is 154 Å². The van der Waals surface area contributed by atoms with E-state index in [2.05, 4.69) is 48.8 Å². The molecular formula is C21H23ClN2O. The second kappa shape index (κ2) is 7.93. The summed E-state index contributed by atoms with van der Waals surface area (Å²) in [6.07, 6.45) is 0.407. The highest BCUT2D eigenvalue weighted by molar-refractivity contribution is 6.30. The van der Waals surface area contributed by atoms with Crippen molar-refractivity contribution in [3.63, 3.8) is 0 Å². The summed E-state index contributed by atoms with van der Waals surface area (Å²) in [6.45, 7) is 6.45. The van der Waals surface area contributed by atoms with Gasteiger partial charge in [0, 0.05) is 35.8 Å². The zero-order valence-corrected chi connectivity index (χ0v) is 15.4. The summed E-state index contributed by atoms with van der Waals surface area (Å²) in [6, 6.07) is 13.9. The SMILES string of the molecule is C[C@@H]1CN(c2ccc(CN)cc2C#Cc2ccc(Cl)cc2)C[C@H](C)O1. The average molecular weight is 355 g/mol. The fraction of sp³-hybridized carbons (Fsp3) is 0.333. The van der Waals surface area contributed by atoms with Crippen LogP contribution in [0.1, 0.15) is 30.5 Å². The van der Waals surface area contributed by atoms with Crippen LogP contribution < -0.4 is 10.6 Å². The third-order valence-corrected chi connectivity index (χ3v) is 4.49. The molecule has 0 radical (unpaired) electrons. The Balaban J connectivity index is 1.95. The third kappa shape index (κ3) is 4.55. The molecule has 0 amide bonds. The van der Waals surface area contributed by atoms with Crippen LogP contribution in [0, 0.1) is 11.8 Å². The molecular weight excluding hydrogens is 332 g/mol. The predicted octanol–water partition coefficient (Wildman–Crippen LogP) is 3.81. The Morgan fingerprint density at radius 3 is 2.40 bits per heavy atom. The molecule has 1 aliphatic heterocycles. The van der Waals surface area contributed by atoms with E-state index < -0.39 is 0 Å². The number of nitrogens with two attached hydrogens (primary N) is 1. The van der Waals surface area contributed by atoms with E-state index >= 15 is 0 Å². The molecule has 0 aromatic heterocycles. The second-order valence-corrected chi connectivity index (χ2v) is 6.91. The lowest BCUT2D eigenvalue weighted by molar-refractivity contribution is -0.00522. The van der Waals surface area contributed by atoms with Gasteiger partial charge in [-0.1, -0.05) is 29.5 Å². The van der Waals surface area contributed by atoms with Crippen molar-refractivity contribution in [2.24, 2.45) is 5.73 Å². The Morgan fingerprint density at radius 1 is 1.08 bits per heavy atom. The Kier molecular flexibility index (Phi) is 5.65. The third-order valence-electron chi connectivity index (χ3n) is 4.24. The lowest BCUT2D eigenvalue weighted by Crippen LogP contribution is -2.45. The number of ether oxygens (including phenoxy) is 1. The normalized spacial score (nSPS) is 20.1. The molecule has 0 bridgehead atoms. The molecule has 3 rings (SSSR count). The number of nitrogens with zero attached hydrogens (tertiary/aromatic N) is 1. The molecule has 1 fully saturated rings. The minimum Gasteiger partial charge on any atom is -0.372 e. The number of anilines is 1. The van der Waals surface area contributed by atoms with Gasteiger partial charge >= 0.3 is 0 Å².